The molecule has 2 aromatic carbocycles. The Labute approximate surface area is 175 Å². The van der Waals surface area contributed by atoms with Crippen molar-refractivity contribution in [3.05, 3.63) is 53.6 Å². The van der Waals surface area contributed by atoms with E-state index in [-0.39, 0.29) is 24.5 Å². The molecule has 0 saturated carbocycles. The van der Waals surface area contributed by atoms with Crippen molar-refractivity contribution in [2.24, 2.45) is 5.16 Å². The van der Waals surface area contributed by atoms with Gasteiger partial charge in [-0.1, -0.05) is 23.4 Å². The van der Waals surface area contributed by atoms with E-state index in [9.17, 15) is 9.59 Å². The lowest BCUT2D eigenvalue weighted by Gasteiger charge is -2.21. The van der Waals surface area contributed by atoms with Crippen LogP contribution < -0.4 is 20.1 Å². The number of hydrogen-bond donors (Lipinski definition) is 2. The Kier molecular flexibility index (Phi) is 6.90. The first kappa shape index (κ1) is 21.2. The Hall–Kier alpha value is -3.55. The predicted octanol–water partition coefficient (Wildman–Crippen LogP) is 3.03. The molecule has 8 nitrogen and oxygen atoms in total. The van der Waals surface area contributed by atoms with Crippen molar-refractivity contribution in [1.29, 1.82) is 0 Å². The summed E-state index contributed by atoms with van der Waals surface area (Å²) in [4.78, 5) is 28.4. The molecular formula is C22H25N3O5. The second-order valence-corrected chi connectivity index (χ2v) is 6.90. The summed E-state index contributed by atoms with van der Waals surface area (Å²) in [6.45, 7) is 5.97. The number of nitrogens with one attached hydrogen (secondary N) is 2. The first-order chi connectivity index (χ1) is 14.4. The lowest BCUT2D eigenvalue weighted by atomic mass is 10.1. The number of nitrogens with zero attached hydrogens (tertiary/aromatic N) is 1. The highest BCUT2D eigenvalue weighted by Crippen LogP contribution is 2.32. The third-order valence-corrected chi connectivity index (χ3v) is 4.46. The molecule has 0 spiro atoms. The lowest BCUT2D eigenvalue weighted by Crippen LogP contribution is -2.30. The quantitative estimate of drug-likeness (QED) is 0.539. The van der Waals surface area contributed by atoms with Crippen molar-refractivity contribution in [2.75, 3.05) is 25.1 Å². The molecule has 0 bridgehead atoms. The van der Waals surface area contributed by atoms with E-state index in [0.717, 1.165) is 11.1 Å². The van der Waals surface area contributed by atoms with Crippen LogP contribution in [-0.2, 0) is 14.4 Å². The van der Waals surface area contributed by atoms with Gasteiger partial charge in [-0.15, -0.1) is 0 Å². The third kappa shape index (κ3) is 5.73. The monoisotopic (exact) mass is 411 g/mol. The van der Waals surface area contributed by atoms with Gasteiger partial charge < -0.3 is 24.9 Å². The van der Waals surface area contributed by atoms with E-state index in [4.69, 9.17) is 14.3 Å². The zero-order valence-corrected chi connectivity index (χ0v) is 17.2. The minimum absolute atomic E-state index is 0.132. The van der Waals surface area contributed by atoms with Crippen LogP contribution in [0.1, 0.15) is 37.9 Å². The van der Waals surface area contributed by atoms with Crippen LogP contribution in [0.15, 0.2) is 47.6 Å². The summed E-state index contributed by atoms with van der Waals surface area (Å²) in [7, 11) is 0. The van der Waals surface area contributed by atoms with E-state index in [1.54, 1.807) is 19.1 Å². The molecule has 0 fully saturated rings. The standard InChI is InChI=1S/C22H25N3O5/c1-14(18-6-9-20-21(12-18)29-11-10-28-20)23-22(27)13-30-25-15(2)17-4-7-19(8-5-17)24-16(3)26/h4-9,12,14H,10-11,13H2,1-3H3,(H,23,27)(H,24,26). The molecule has 158 valence electrons. The normalized spacial score (nSPS) is 13.9. The Morgan fingerprint density at radius 1 is 1.07 bits per heavy atom. The Bertz CT molecular complexity index is 940. The number of oxime groups is 1. The molecular weight excluding hydrogens is 386 g/mol. The van der Waals surface area contributed by atoms with Crippen molar-refractivity contribution in [1.82, 2.24) is 5.32 Å². The first-order valence-electron chi connectivity index (χ1n) is 9.66. The van der Waals surface area contributed by atoms with Gasteiger partial charge in [0.25, 0.3) is 5.91 Å². The van der Waals surface area contributed by atoms with E-state index in [0.29, 0.717) is 36.1 Å². The lowest BCUT2D eigenvalue weighted by molar-refractivity contribution is -0.126. The van der Waals surface area contributed by atoms with Gasteiger partial charge in [0.2, 0.25) is 5.91 Å². The number of ether oxygens (including phenoxy) is 2. The Morgan fingerprint density at radius 2 is 1.77 bits per heavy atom. The maximum atomic E-state index is 12.2. The fourth-order valence-corrected chi connectivity index (χ4v) is 2.93. The third-order valence-electron chi connectivity index (χ3n) is 4.46. The molecule has 0 saturated heterocycles. The summed E-state index contributed by atoms with van der Waals surface area (Å²) in [6, 6.07) is 12.6. The van der Waals surface area contributed by atoms with Gasteiger partial charge in [-0.25, -0.2) is 0 Å². The van der Waals surface area contributed by atoms with Gasteiger partial charge in [0.15, 0.2) is 18.1 Å². The predicted molar refractivity (Wildman–Crippen MR) is 113 cm³/mol. The molecule has 1 aliphatic rings. The number of amides is 2. The zero-order chi connectivity index (χ0) is 21.5. The van der Waals surface area contributed by atoms with Crippen LogP contribution in [0.4, 0.5) is 5.69 Å². The second kappa shape index (κ2) is 9.78. The van der Waals surface area contributed by atoms with E-state index < -0.39 is 0 Å². The van der Waals surface area contributed by atoms with Crippen LogP contribution in [0.2, 0.25) is 0 Å². The Balaban J connectivity index is 1.49. The van der Waals surface area contributed by atoms with E-state index in [2.05, 4.69) is 15.8 Å². The maximum absolute atomic E-state index is 12.2. The molecule has 2 amide bonds. The molecule has 0 aromatic heterocycles. The number of fused-ring (bicyclic) bond motifs is 1. The van der Waals surface area contributed by atoms with Crippen molar-refractivity contribution >= 4 is 23.2 Å². The molecule has 1 unspecified atom stereocenters. The highest BCUT2D eigenvalue weighted by atomic mass is 16.6. The summed E-state index contributed by atoms with van der Waals surface area (Å²) in [6.07, 6.45) is 0. The molecule has 8 heteroatoms. The average molecular weight is 411 g/mol. The summed E-state index contributed by atoms with van der Waals surface area (Å²) < 4.78 is 11.1. The molecule has 2 aromatic rings. The largest absolute Gasteiger partial charge is 0.486 e. The van der Waals surface area contributed by atoms with Gasteiger partial charge >= 0.3 is 0 Å². The highest BCUT2D eigenvalue weighted by molar-refractivity contribution is 5.99. The second-order valence-electron chi connectivity index (χ2n) is 6.90. The molecule has 0 aliphatic carbocycles. The molecule has 30 heavy (non-hydrogen) atoms. The summed E-state index contributed by atoms with van der Waals surface area (Å²) in [5, 5.41) is 9.57. The number of rotatable bonds is 7. The van der Waals surface area contributed by atoms with Gasteiger partial charge in [-0.3, -0.25) is 9.59 Å². The summed E-state index contributed by atoms with van der Waals surface area (Å²) in [5.74, 6) is 0.977. The minimum atomic E-state index is -0.282. The fraction of sp³-hybridized carbons (Fsp3) is 0.318. The summed E-state index contributed by atoms with van der Waals surface area (Å²) in [5.41, 5.74) is 3.06. The number of carbonyl (C=O) groups is 2. The fourth-order valence-electron chi connectivity index (χ4n) is 2.93. The molecule has 3 rings (SSSR count). The van der Waals surface area contributed by atoms with Crippen molar-refractivity contribution < 1.29 is 23.9 Å². The molecule has 0 radical (unpaired) electrons. The van der Waals surface area contributed by atoms with Gasteiger partial charge in [0, 0.05) is 12.6 Å². The Morgan fingerprint density at radius 3 is 2.47 bits per heavy atom. The number of benzene rings is 2. The maximum Gasteiger partial charge on any atom is 0.261 e. The average Bonchev–Trinajstić information content (AvgIpc) is 2.73. The van der Waals surface area contributed by atoms with Gasteiger partial charge in [0.1, 0.15) is 13.2 Å². The zero-order valence-electron chi connectivity index (χ0n) is 17.2. The topological polar surface area (TPSA) is 98.2 Å². The van der Waals surface area contributed by atoms with Crippen molar-refractivity contribution in [2.45, 2.75) is 26.8 Å². The van der Waals surface area contributed by atoms with Crippen LogP contribution >= 0.6 is 0 Å². The first-order valence-corrected chi connectivity index (χ1v) is 9.66. The molecule has 2 N–H and O–H groups in total. The molecule has 1 atom stereocenters. The molecule has 1 aliphatic heterocycles. The van der Waals surface area contributed by atoms with Gasteiger partial charge in [0.05, 0.1) is 11.8 Å². The van der Waals surface area contributed by atoms with Crippen LogP contribution in [0.3, 0.4) is 0 Å². The van der Waals surface area contributed by atoms with Crippen LogP contribution in [0.5, 0.6) is 11.5 Å². The smallest absolute Gasteiger partial charge is 0.261 e. The van der Waals surface area contributed by atoms with E-state index in [1.165, 1.54) is 6.92 Å². The van der Waals surface area contributed by atoms with Crippen molar-refractivity contribution in [3.63, 3.8) is 0 Å². The minimum Gasteiger partial charge on any atom is -0.486 e. The summed E-state index contributed by atoms with van der Waals surface area (Å²) >= 11 is 0. The van der Waals surface area contributed by atoms with Crippen LogP contribution in [-0.4, -0.2) is 37.3 Å². The SMILES string of the molecule is CC(=O)Nc1ccc(C(C)=NOCC(=O)NC(C)c2ccc3c(c2)OCCO3)cc1. The van der Waals surface area contributed by atoms with Gasteiger partial charge in [-0.05, 0) is 49.2 Å². The number of hydrogen-bond acceptors (Lipinski definition) is 6. The van der Waals surface area contributed by atoms with Gasteiger partial charge in [-0.2, -0.15) is 0 Å². The highest BCUT2D eigenvalue weighted by Gasteiger charge is 2.16. The number of anilines is 1. The van der Waals surface area contributed by atoms with E-state index >= 15 is 0 Å². The van der Waals surface area contributed by atoms with Crippen molar-refractivity contribution in [3.8, 4) is 11.5 Å². The van der Waals surface area contributed by atoms with Crippen LogP contribution in [0, 0.1) is 0 Å². The van der Waals surface area contributed by atoms with Crippen LogP contribution in [0.25, 0.3) is 0 Å². The number of carbonyl (C=O) groups excluding carboxylic acids is 2. The molecule has 1 heterocycles. The van der Waals surface area contributed by atoms with E-state index in [1.807, 2.05) is 37.3 Å².